The van der Waals surface area contributed by atoms with Crippen LogP contribution in [0.15, 0.2) is 42.6 Å². The molecular weight excluding hydrogens is 380 g/mol. The Labute approximate surface area is 176 Å². The maximum absolute atomic E-state index is 12.6. The molecule has 0 spiro atoms. The van der Waals surface area contributed by atoms with E-state index in [9.17, 15) is 9.59 Å². The maximum Gasteiger partial charge on any atom is 0.356 e. The largest absolute Gasteiger partial charge is 0.464 e. The molecule has 0 saturated carbocycles. The zero-order valence-corrected chi connectivity index (χ0v) is 17.9. The van der Waals surface area contributed by atoms with Gasteiger partial charge >= 0.3 is 5.97 Å². The van der Waals surface area contributed by atoms with E-state index in [4.69, 9.17) is 4.74 Å². The van der Waals surface area contributed by atoms with E-state index in [0.29, 0.717) is 41.4 Å². The van der Waals surface area contributed by atoms with Crippen LogP contribution in [-0.4, -0.2) is 28.5 Å². The molecule has 0 aliphatic rings. The van der Waals surface area contributed by atoms with Gasteiger partial charge in [0.15, 0.2) is 5.69 Å². The molecule has 0 unspecified atom stereocenters. The van der Waals surface area contributed by atoms with Crippen LogP contribution in [-0.2, 0) is 22.6 Å². The van der Waals surface area contributed by atoms with Crippen molar-refractivity contribution in [3.8, 4) is 0 Å². The van der Waals surface area contributed by atoms with Crippen molar-refractivity contribution in [3.05, 3.63) is 53.9 Å². The third kappa shape index (κ3) is 4.79. The number of esters is 1. The van der Waals surface area contributed by atoms with Crippen LogP contribution >= 0.6 is 0 Å². The highest BCUT2D eigenvalue weighted by molar-refractivity contribution is 6.10. The summed E-state index contributed by atoms with van der Waals surface area (Å²) in [5, 5.41) is 6.87. The summed E-state index contributed by atoms with van der Waals surface area (Å²) in [7, 11) is 1.34. The molecule has 3 rings (SSSR count). The molecule has 0 saturated heterocycles. The van der Waals surface area contributed by atoms with E-state index in [0.717, 1.165) is 17.7 Å². The van der Waals surface area contributed by atoms with E-state index < -0.39 is 5.97 Å². The molecule has 158 valence electrons. The Balaban J connectivity index is 2.06. The minimum Gasteiger partial charge on any atom is -0.464 e. The Bertz CT molecular complexity index is 1040. The monoisotopic (exact) mass is 408 g/mol. The molecular formula is C23H28N4O3. The smallest absolute Gasteiger partial charge is 0.356 e. The van der Waals surface area contributed by atoms with E-state index in [1.807, 2.05) is 41.0 Å². The lowest BCUT2D eigenvalue weighted by Crippen LogP contribution is -2.16. The van der Waals surface area contributed by atoms with Crippen LogP contribution in [0.1, 0.15) is 43.2 Å². The van der Waals surface area contributed by atoms with Gasteiger partial charge in [-0.2, -0.15) is 0 Å². The third-order valence-corrected chi connectivity index (χ3v) is 4.85. The number of benzene rings is 1. The maximum atomic E-state index is 12.6. The Hall–Kier alpha value is -3.35. The number of aromatic nitrogens is 2. The third-order valence-electron chi connectivity index (χ3n) is 4.85. The van der Waals surface area contributed by atoms with Gasteiger partial charge in [-0.25, -0.2) is 9.78 Å². The molecule has 2 N–H and O–H groups in total. The Morgan fingerprint density at radius 1 is 1.20 bits per heavy atom. The summed E-state index contributed by atoms with van der Waals surface area (Å²) in [5.74, 6) is -0.311. The molecule has 2 heterocycles. The molecule has 0 atom stereocenters. The number of aryl methyl sites for hydroxylation is 1. The van der Waals surface area contributed by atoms with Gasteiger partial charge in [-0.05, 0) is 24.0 Å². The first-order valence-corrected chi connectivity index (χ1v) is 10.1. The highest BCUT2D eigenvalue weighted by Crippen LogP contribution is 2.33. The molecule has 30 heavy (non-hydrogen) atoms. The molecule has 0 aliphatic carbocycles. The van der Waals surface area contributed by atoms with Crippen LogP contribution < -0.4 is 10.6 Å². The second-order valence-electron chi connectivity index (χ2n) is 7.66. The number of nitrogens with zero attached hydrogens (tertiary/aromatic N) is 2. The lowest BCUT2D eigenvalue weighted by Gasteiger charge is -2.11. The van der Waals surface area contributed by atoms with Crippen LogP contribution in [0, 0.1) is 5.92 Å². The first-order valence-electron chi connectivity index (χ1n) is 10.1. The molecule has 1 amide bonds. The van der Waals surface area contributed by atoms with Crippen molar-refractivity contribution >= 4 is 34.3 Å². The van der Waals surface area contributed by atoms with Gasteiger partial charge in [-0.1, -0.05) is 44.2 Å². The first kappa shape index (κ1) is 21.4. The summed E-state index contributed by atoms with van der Waals surface area (Å²) < 4.78 is 6.86. The number of hydrogen-bond donors (Lipinski definition) is 2. The fraction of sp³-hybridized carbons (Fsp3) is 0.348. The lowest BCUT2D eigenvalue weighted by molar-refractivity contribution is -0.114. The van der Waals surface area contributed by atoms with Gasteiger partial charge in [-0.15, -0.1) is 0 Å². The predicted molar refractivity (Wildman–Crippen MR) is 119 cm³/mol. The standard InChI is InChI=1S/C23H28N4O3/c1-15(2)10-11-27-21(23(29)30-4)20(26-16(3)28)19-12-18(14-25-22(19)27)24-13-17-8-6-5-7-9-17/h5-9,12,14-15,24H,10-11,13H2,1-4H3,(H,26,28). The van der Waals surface area contributed by atoms with Gasteiger partial charge in [0, 0.05) is 25.4 Å². The molecule has 1 aromatic carbocycles. The second kappa shape index (κ2) is 9.43. The summed E-state index contributed by atoms with van der Waals surface area (Å²) >= 11 is 0. The van der Waals surface area contributed by atoms with Crippen molar-refractivity contribution < 1.29 is 14.3 Å². The van der Waals surface area contributed by atoms with Crippen LogP contribution in [0.3, 0.4) is 0 Å². The Morgan fingerprint density at radius 2 is 1.93 bits per heavy atom. The summed E-state index contributed by atoms with van der Waals surface area (Å²) in [5.41, 5.74) is 3.34. The van der Waals surface area contributed by atoms with E-state index >= 15 is 0 Å². The van der Waals surface area contributed by atoms with Gasteiger partial charge in [0.2, 0.25) is 5.91 Å². The SMILES string of the molecule is COC(=O)c1c(NC(C)=O)c2cc(NCc3ccccc3)cnc2n1CCC(C)C. The number of anilines is 2. The molecule has 0 aliphatic heterocycles. The minimum atomic E-state index is -0.501. The lowest BCUT2D eigenvalue weighted by atomic mass is 10.1. The molecule has 3 aromatic rings. The van der Waals surface area contributed by atoms with Gasteiger partial charge in [0.25, 0.3) is 0 Å². The number of carbonyl (C=O) groups excluding carboxylic acids is 2. The van der Waals surface area contributed by atoms with Crippen molar-refractivity contribution in [2.45, 2.75) is 40.3 Å². The van der Waals surface area contributed by atoms with E-state index in [2.05, 4.69) is 29.5 Å². The summed E-state index contributed by atoms with van der Waals surface area (Å²) in [4.78, 5) is 29.1. The van der Waals surface area contributed by atoms with Crippen molar-refractivity contribution in [3.63, 3.8) is 0 Å². The number of nitrogens with one attached hydrogen (secondary N) is 2. The van der Waals surface area contributed by atoms with Crippen LogP contribution in [0.2, 0.25) is 0 Å². The molecule has 0 radical (unpaired) electrons. The summed E-state index contributed by atoms with van der Waals surface area (Å²) in [6, 6.07) is 12.0. The topological polar surface area (TPSA) is 85.2 Å². The summed E-state index contributed by atoms with van der Waals surface area (Å²) in [6.45, 7) is 6.90. The fourth-order valence-electron chi connectivity index (χ4n) is 3.34. The van der Waals surface area contributed by atoms with Crippen molar-refractivity contribution in [2.75, 3.05) is 17.7 Å². The van der Waals surface area contributed by atoms with Crippen molar-refractivity contribution in [2.24, 2.45) is 5.92 Å². The number of carbonyl (C=O) groups is 2. The number of ether oxygens (including phenoxy) is 1. The number of amides is 1. The highest BCUT2D eigenvalue weighted by Gasteiger charge is 2.25. The predicted octanol–water partition coefficient (Wildman–Crippen LogP) is 4.44. The zero-order valence-electron chi connectivity index (χ0n) is 17.9. The Kier molecular flexibility index (Phi) is 6.72. The molecule has 7 heteroatoms. The Morgan fingerprint density at radius 3 is 2.57 bits per heavy atom. The van der Waals surface area contributed by atoms with E-state index in [1.165, 1.54) is 14.0 Å². The highest BCUT2D eigenvalue weighted by atomic mass is 16.5. The quantitative estimate of drug-likeness (QED) is 0.538. The normalized spacial score (nSPS) is 11.0. The van der Waals surface area contributed by atoms with Crippen molar-refractivity contribution in [1.29, 1.82) is 0 Å². The van der Waals surface area contributed by atoms with Gasteiger partial charge in [0.1, 0.15) is 5.65 Å². The molecule has 0 bridgehead atoms. The van der Waals surface area contributed by atoms with Crippen molar-refractivity contribution in [1.82, 2.24) is 9.55 Å². The average molecular weight is 409 g/mol. The number of methoxy groups -OCH3 is 1. The molecule has 2 aromatic heterocycles. The van der Waals surface area contributed by atoms with E-state index in [1.54, 1.807) is 6.20 Å². The number of fused-ring (bicyclic) bond motifs is 1. The fourth-order valence-corrected chi connectivity index (χ4v) is 3.34. The zero-order chi connectivity index (χ0) is 21.7. The molecule has 0 fully saturated rings. The number of hydrogen-bond acceptors (Lipinski definition) is 5. The van der Waals surface area contributed by atoms with Gasteiger partial charge in [0.05, 0.1) is 24.7 Å². The number of rotatable bonds is 8. The van der Waals surface area contributed by atoms with Gasteiger partial charge in [-0.3, -0.25) is 4.79 Å². The average Bonchev–Trinajstić information content (AvgIpc) is 3.03. The van der Waals surface area contributed by atoms with Crippen LogP contribution in [0.4, 0.5) is 11.4 Å². The molecule has 7 nitrogen and oxygen atoms in total. The van der Waals surface area contributed by atoms with E-state index in [-0.39, 0.29) is 5.91 Å². The first-order chi connectivity index (χ1) is 14.4. The number of pyridine rings is 1. The van der Waals surface area contributed by atoms with Crippen LogP contribution in [0.5, 0.6) is 0 Å². The second-order valence-corrected chi connectivity index (χ2v) is 7.66. The minimum absolute atomic E-state index is 0.259. The van der Waals surface area contributed by atoms with Crippen LogP contribution in [0.25, 0.3) is 11.0 Å². The summed E-state index contributed by atoms with van der Waals surface area (Å²) in [6.07, 6.45) is 2.61. The van der Waals surface area contributed by atoms with Gasteiger partial charge < -0.3 is 19.9 Å².